The van der Waals surface area contributed by atoms with Gasteiger partial charge in [0, 0.05) is 56.2 Å². The molecule has 2 aliphatic heterocycles. The van der Waals surface area contributed by atoms with Gasteiger partial charge in [-0.1, -0.05) is 18.2 Å². The molecule has 4 rings (SSSR count). The first-order valence-electron chi connectivity index (χ1n) is 9.45. The van der Waals surface area contributed by atoms with Gasteiger partial charge in [0.1, 0.15) is 5.82 Å². The second-order valence-electron chi connectivity index (χ2n) is 6.97. The highest BCUT2D eigenvalue weighted by Crippen LogP contribution is 2.25. The fraction of sp³-hybridized carbons (Fsp3) is 0.500. The van der Waals surface area contributed by atoms with Crippen molar-refractivity contribution < 1.29 is 4.74 Å². The van der Waals surface area contributed by atoms with Gasteiger partial charge in [-0.05, 0) is 26.0 Å². The van der Waals surface area contributed by atoms with Gasteiger partial charge in [-0.3, -0.25) is 0 Å². The third-order valence-electron chi connectivity index (χ3n) is 5.35. The summed E-state index contributed by atoms with van der Waals surface area (Å²) >= 11 is 0. The van der Waals surface area contributed by atoms with Crippen LogP contribution < -0.4 is 14.7 Å². The van der Waals surface area contributed by atoms with E-state index in [2.05, 4.69) is 58.9 Å². The van der Waals surface area contributed by atoms with Gasteiger partial charge in [0.25, 0.3) is 0 Å². The molecule has 6 nitrogen and oxygen atoms in total. The summed E-state index contributed by atoms with van der Waals surface area (Å²) in [4.78, 5) is 16.8. The molecule has 0 spiro atoms. The summed E-state index contributed by atoms with van der Waals surface area (Å²) in [6.45, 7) is 11.4. The Morgan fingerprint density at radius 1 is 0.769 bits per heavy atom. The van der Waals surface area contributed by atoms with Crippen molar-refractivity contribution in [2.75, 3.05) is 67.2 Å². The number of aromatic nitrogens is 2. The van der Waals surface area contributed by atoms with Crippen molar-refractivity contribution in [3.63, 3.8) is 0 Å². The first-order chi connectivity index (χ1) is 12.7. The number of morpholine rings is 1. The summed E-state index contributed by atoms with van der Waals surface area (Å²) in [5.74, 6) is 1.93. The van der Waals surface area contributed by atoms with Crippen molar-refractivity contribution in [1.29, 1.82) is 0 Å². The van der Waals surface area contributed by atoms with Crippen LogP contribution in [0.25, 0.3) is 0 Å². The van der Waals surface area contributed by atoms with E-state index in [1.165, 1.54) is 11.3 Å². The van der Waals surface area contributed by atoms with Crippen molar-refractivity contribution in [2.45, 2.75) is 13.8 Å². The number of benzene rings is 1. The molecule has 3 heterocycles. The van der Waals surface area contributed by atoms with E-state index < -0.39 is 0 Å². The van der Waals surface area contributed by atoms with Crippen LogP contribution in [0.5, 0.6) is 0 Å². The van der Waals surface area contributed by atoms with Gasteiger partial charge >= 0.3 is 0 Å². The molecule has 0 N–H and O–H groups in total. The fourth-order valence-electron chi connectivity index (χ4n) is 3.63. The van der Waals surface area contributed by atoms with Gasteiger partial charge in [0.05, 0.1) is 13.2 Å². The Morgan fingerprint density at radius 3 is 2.12 bits per heavy atom. The minimum absolute atomic E-state index is 0.751. The smallest absolute Gasteiger partial charge is 0.227 e. The molecule has 1 aromatic heterocycles. The standard InChI is InChI=1S/C20H27N5O/c1-16-17(2)21-20(25-12-14-26-15-13-25)22-19(16)24-10-8-23(9-11-24)18-6-4-3-5-7-18/h3-7H,8-15H2,1-2H3. The molecule has 2 aliphatic rings. The molecule has 6 heteroatoms. The van der Waals surface area contributed by atoms with Crippen molar-refractivity contribution in [3.05, 3.63) is 41.6 Å². The first kappa shape index (κ1) is 17.1. The van der Waals surface area contributed by atoms with Crippen LogP contribution in [0, 0.1) is 13.8 Å². The Labute approximate surface area is 155 Å². The maximum Gasteiger partial charge on any atom is 0.227 e. The van der Waals surface area contributed by atoms with Crippen LogP contribution in [0.1, 0.15) is 11.3 Å². The highest BCUT2D eigenvalue weighted by molar-refractivity contribution is 5.55. The van der Waals surface area contributed by atoms with Crippen LogP contribution in [0.2, 0.25) is 0 Å². The highest BCUT2D eigenvalue weighted by atomic mass is 16.5. The van der Waals surface area contributed by atoms with Crippen molar-refractivity contribution in [3.8, 4) is 0 Å². The molecule has 0 bridgehead atoms. The van der Waals surface area contributed by atoms with Crippen LogP contribution in [0.4, 0.5) is 17.5 Å². The number of hydrogen-bond donors (Lipinski definition) is 0. The summed E-state index contributed by atoms with van der Waals surface area (Å²) < 4.78 is 5.46. The number of hydrogen-bond acceptors (Lipinski definition) is 6. The molecule has 0 atom stereocenters. The Hall–Kier alpha value is -2.34. The summed E-state index contributed by atoms with van der Waals surface area (Å²) in [6.07, 6.45) is 0. The number of rotatable bonds is 3. The minimum Gasteiger partial charge on any atom is -0.378 e. The first-order valence-corrected chi connectivity index (χ1v) is 9.45. The van der Waals surface area contributed by atoms with Gasteiger partial charge < -0.3 is 19.4 Å². The topological polar surface area (TPSA) is 44.7 Å². The van der Waals surface area contributed by atoms with Crippen LogP contribution in [0.3, 0.4) is 0 Å². The summed E-state index contributed by atoms with van der Waals surface area (Å²) in [5.41, 5.74) is 3.56. The van der Waals surface area contributed by atoms with E-state index in [-0.39, 0.29) is 0 Å². The minimum atomic E-state index is 0.751. The summed E-state index contributed by atoms with van der Waals surface area (Å²) in [5, 5.41) is 0. The van der Waals surface area contributed by atoms with Crippen LogP contribution in [-0.4, -0.2) is 62.5 Å². The zero-order chi connectivity index (χ0) is 17.9. The molecular weight excluding hydrogens is 326 g/mol. The second kappa shape index (κ2) is 7.50. The molecule has 0 saturated carbocycles. The molecule has 0 unspecified atom stereocenters. The third kappa shape index (κ3) is 3.46. The molecule has 0 amide bonds. The fourth-order valence-corrected chi connectivity index (χ4v) is 3.63. The maximum absolute atomic E-state index is 5.46. The zero-order valence-electron chi connectivity index (χ0n) is 15.7. The van der Waals surface area contributed by atoms with Crippen LogP contribution in [0.15, 0.2) is 30.3 Å². The van der Waals surface area contributed by atoms with Gasteiger partial charge in [-0.2, -0.15) is 4.98 Å². The highest BCUT2D eigenvalue weighted by Gasteiger charge is 2.23. The molecule has 2 fully saturated rings. The normalized spacial score (nSPS) is 18.3. The lowest BCUT2D eigenvalue weighted by Gasteiger charge is -2.38. The predicted octanol–water partition coefficient (Wildman–Crippen LogP) is 2.26. The maximum atomic E-state index is 5.46. The summed E-state index contributed by atoms with van der Waals surface area (Å²) in [7, 11) is 0. The molecule has 26 heavy (non-hydrogen) atoms. The van der Waals surface area contributed by atoms with Crippen LogP contribution in [-0.2, 0) is 4.74 Å². The lowest BCUT2D eigenvalue weighted by molar-refractivity contribution is 0.122. The second-order valence-corrected chi connectivity index (χ2v) is 6.97. The van der Waals surface area contributed by atoms with Crippen molar-refractivity contribution in [2.24, 2.45) is 0 Å². The predicted molar refractivity (Wildman–Crippen MR) is 105 cm³/mol. The lowest BCUT2D eigenvalue weighted by atomic mass is 10.2. The zero-order valence-corrected chi connectivity index (χ0v) is 15.7. The van der Waals surface area contributed by atoms with E-state index in [9.17, 15) is 0 Å². The van der Waals surface area contributed by atoms with E-state index in [0.29, 0.717) is 0 Å². The van der Waals surface area contributed by atoms with E-state index in [4.69, 9.17) is 14.7 Å². The Kier molecular flexibility index (Phi) is 4.93. The van der Waals surface area contributed by atoms with Crippen molar-refractivity contribution >= 4 is 17.5 Å². The van der Waals surface area contributed by atoms with Gasteiger partial charge in [0.2, 0.25) is 5.95 Å². The summed E-state index contributed by atoms with van der Waals surface area (Å²) in [6, 6.07) is 10.7. The molecule has 0 aliphatic carbocycles. The van der Waals surface area contributed by atoms with E-state index in [0.717, 1.165) is 69.9 Å². The monoisotopic (exact) mass is 353 g/mol. The number of piperazine rings is 1. The Bertz CT molecular complexity index is 737. The molecule has 2 aromatic rings. The Balaban J connectivity index is 1.51. The Morgan fingerprint density at radius 2 is 1.42 bits per heavy atom. The average Bonchev–Trinajstić information content (AvgIpc) is 2.71. The number of para-hydroxylation sites is 1. The van der Waals surface area contributed by atoms with Gasteiger partial charge in [-0.15, -0.1) is 0 Å². The quantitative estimate of drug-likeness (QED) is 0.843. The molecule has 138 valence electrons. The number of anilines is 3. The molecule has 2 saturated heterocycles. The SMILES string of the molecule is Cc1nc(N2CCOCC2)nc(N2CCN(c3ccccc3)CC2)c1C. The lowest BCUT2D eigenvalue weighted by Crippen LogP contribution is -2.47. The average molecular weight is 353 g/mol. The largest absolute Gasteiger partial charge is 0.378 e. The molecular formula is C20H27N5O. The number of aryl methyl sites for hydroxylation is 1. The van der Waals surface area contributed by atoms with E-state index >= 15 is 0 Å². The molecule has 1 aromatic carbocycles. The van der Waals surface area contributed by atoms with E-state index in [1.54, 1.807) is 0 Å². The molecule has 0 radical (unpaired) electrons. The third-order valence-corrected chi connectivity index (χ3v) is 5.35. The van der Waals surface area contributed by atoms with Gasteiger partial charge in [0.15, 0.2) is 0 Å². The number of nitrogens with zero attached hydrogens (tertiary/aromatic N) is 5. The van der Waals surface area contributed by atoms with Gasteiger partial charge in [-0.25, -0.2) is 4.98 Å². The number of ether oxygens (including phenoxy) is 1. The van der Waals surface area contributed by atoms with Crippen LogP contribution >= 0.6 is 0 Å². The van der Waals surface area contributed by atoms with E-state index in [1.807, 2.05) is 0 Å². The van der Waals surface area contributed by atoms with Crippen molar-refractivity contribution in [1.82, 2.24) is 9.97 Å².